The first-order valence-electron chi connectivity index (χ1n) is 5.26. The number of hydrogen-bond acceptors (Lipinski definition) is 3. The van der Waals surface area contributed by atoms with E-state index in [-0.39, 0.29) is 12.6 Å². The summed E-state index contributed by atoms with van der Waals surface area (Å²) in [6, 6.07) is 1.80. The van der Waals surface area contributed by atoms with Crippen molar-refractivity contribution in [1.82, 2.24) is 10.2 Å². The lowest BCUT2D eigenvalue weighted by Gasteiger charge is -2.11. The molecule has 0 aromatic carbocycles. The van der Waals surface area contributed by atoms with Crippen molar-refractivity contribution in [3.8, 4) is 11.8 Å². The molecule has 0 aliphatic heterocycles. The number of carbonyl (C=O) groups excluding carboxylic acids is 1. The first-order valence-corrected chi connectivity index (χ1v) is 6.14. The third-order valence-electron chi connectivity index (χ3n) is 2.01. The van der Waals surface area contributed by atoms with Crippen LogP contribution in [0.2, 0.25) is 0 Å². The number of aliphatic hydroxyl groups excluding tert-OH is 1. The van der Waals surface area contributed by atoms with Crippen LogP contribution in [-0.4, -0.2) is 36.7 Å². The van der Waals surface area contributed by atoms with Gasteiger partial charge in [0, 0.05) is 31.0 Å². The highest BCUT2D eigenvalue weighted by Crippen LogP contribution is 2.15. The normalized spacial score (nSPS) is 9.35. The van der Waals surface area contributed by atoms with Crippen LogP contribution in [0.15, 0.2) is 11.4 Å². The second kappa shape index (κ2) is 6.94. The zero-order valence-electron chi connectivity index (χ0n) is 9.99. The maximum atomic E-state index is 11.4. The van der Waals surface area contributed by atoms with Gasteiger partial charge in [-0.05, 0) is 11.4 Å². The molecule has 0 fully saturated rings. The molecule has 0 radical (unpaired) electrons. The van der Waals surface area contributed by atoms with E-state index in [1.165, 1.54) is 4.90 Å². The fourth-order valence-electron chi connectivity index (χ4n) is 1.12. The van der Waals surface area contributed by atoms with Gasteiger partial charge in [0.1, 0.15) is 0 Å². The summed E-state index contributed by atoms with van der Waals surface area (Å²) in [4.78, 5) is 13.9. The van der Waals surface area contributed by atoms with Crippen molar-refractivity contribution < 1.29 is 9.90 Å². The molecule has 0 unspecified atom stereocenters. The maximum absolute atomic E-state index is 11.4. The van der Waals surface area contributed by atoms with Crippen LogP contribution in [0.4, 0.5) is 4.79 Å². The lowest BCUT2D eigenvalue weighted by Crippen LogP contribution is -2.33. The summed E-state index contributed by atoms with van der Waals surface area (Å²) in [5.74, 6) is 5.85. The van der Waals surface area contributed by atoms with Gasteiger partial charge in [-0.25, -0.2) is 4.79 Å². The van der Waals surface area contributed by atoms with Crippen molar-refractivity contribution in [1.29, 1.82) is 0 Å². The number of amides is 2. The average Bonchev–Trinajstić information content (AvgIpc) is 2.74. The summed E-state index contributed by atoms with van der Waals surface area (Å²) < 4.78 is 0. The topological polar surface area (TPSA) is 52.6 Å². The molecule has 1 aromatic rings. The molecule has 0 aliphatic rings. The van der Waals surface area contributed by atoms with E-state index in [1.54, 1.807) is 25.4 Å². The first-order chi connectivity index (χ1) is 8.15. The van der Waals surface area contributed by atoms with Crippen LogP contribution < -0.4 is 5.32 Å². The Balaban J connectivity index is 2.58. The number of carbonyl (C=O) groups is 1. The first kappa shape index (κ1) is 13.6. The van der Waals surface area contributed by atoms with Gasteiger partial charge in [-0.15, -0.1) is 11.3 Å². The standard InChI is InChI=1S/C12H16N2O2S/c1-14(2)12(16)13-9-11-10(6-8-17-11)5-3-4-7-15/h6,8,15H,4,7,9H2,1-2H3,(H,13,16). The molecule has 0 saturated heterocycles. The summed E-state index contributed by atoms with van der Waals surface area (Å²) in [5, 5.41) is 13.4. The van der Waals surface area contributed by atoms with Crippen LogP contribution in [0.3, 0.4) is 0 Å². The summed E-state index contributed by atoms with van der Waals surface area (Å²) in [5.41, 5.74) is 0.919. The lowest BCUT2D eigenvalue weighted by atomic mass is 10.2. The largest absolute Gasteiger partial charge is 0.395 e. The molecule has 0 spiro atoms. The molecule has 92 valence electrons. The van der Waals surface area contributed by atoms with E-state index >= 15 is 0 Å². The highest BCUT2D eigenvalue weighted by Gasteiger charge is 2.05. The van der Waals surface area contributed by atoms with Gasteiger partial charge in [0.15, 0.2) is 0 Å². The molecule has 2 N–H and O–H groups in total. The third kappa shape index (κ3) is 4.47. The molecule has 0 saturated carbocycles. The Bertz CT molecular complexity index is 429. The average molecular weight is 252 g/mol. The SMILES string of the molecule is CN(C)C(=O)NCc1sccc1C#CCCO. The highest BCUT2D eigenvalue weighted by molar-refractivity contribution is 7.10. The van der Waals surface area contributed by atoms with Crippen molar-refractivity contribution in [2.75, 3.05) is 20.7 Å². The molecule has 2 amide bonds. The number of urea groups is 1. The van der Waals surface area contributed by atoms with Gasteiger partial charge in [0.2, 0.25) is 0 Å². The summed E-state index contributed by atoms with van der Waals surface area (Å²) in [6.07, 6.45) is 0.472. The van der Waals surface area contributed by atoms with E-state index in [9.17, 15) is 4.79 Å². The van der Waals surface area contributed by atoms with E-state index in [2.05, 4.69) is 17.2 Å². The molecule has 0 bridgehead atoms. The monoisotopic (exact) mass is 252 g/mol. The molecule has 17 heavy (non-hydrogen) atoms. The van der Waals surface area contributed by atoms with Crippen molar-refractivity contribution in [2.45, 2.75) is 13.0 Å². The van der Waals surface area contributed by atoms with Crippen LogP contribution in [0.25, 0.3) is 0 Å². The van der Waals surface area contributed by atoms with E-state index in [4.69, 9.17) is 5.11 Å². The summed E-state index contributed by atoms with van der Waals surface area (Å²) in [7, 11) is 3.40. The molecule has 0 atom stereocenters. The molecule has 1 rings (SSSR count). The molecule has 0 aliphatic carbocycles. The van der Waals surface area contributed by atoms with Crippen molar-refractivity contribution in [3.05, 3.63) is 21.9 Å². The van der Waals surface area contributed by atoms with Gasteiger partial charge in [0.25, 0.3) is 0 Å². The molecule has 4 nitrogen and oxygen atoms in total. The summed E-state index contributed by atoms with van der Waals surface area (Å²) in [6.45, 7) is 0.557. The second-order valence-electron chi connectivity index (χ2n) is 3.59. The van der Waals surface area contributed by atoms with Gasteiger partial charge in [-0.1, -0.05) is 11.8 Å². The number of thiophene rings is 1. The molecule has 5 heteroatoms. The van der Waals surface area contributed by atoms with Crippen LogP contribution in [-0.2, 0) is 6.54 Å². The van der Waals surface area contributed by atoms with Crippen molar-refractivity contribution in [2.24, 2.45) is 0 Å². The summed E-state index contributed by atoms with van der Waals surface area (Å²) >= 11 is 1.56. The molecular weight excluding hydrogens is 236 g/mol. The Kier molecular flexibility index (Phi) is 5.53. The zero-order valence-corrected chi connectivity index (χ0v) is 10.8. The Hall–Kier alpha value is -1.51. The number of nitrogens with one attached hydrogen (secondary N) is 1. The number of hydrogen-bond donors (Lipinski definition) is 2. The van der Waals surface area contributed by atoms with Crippen LogP contribution >= 0.6 is 11.3 Å². The van der Waals surface area contributed by atoms with Gasteiger partial charge in [-0.2, -0.15) is 0 Å². The minimum atomic E-state index is -0.118. The van der Waals surface area contributed by atoms with Gasteiger partial charge >= 0.3 is 6.03 Å². The van der Waals surface area contributed by atoms with Crippen molar-refractivity contribution >= 4 is 17.4 Å². The second-order valence-corrected chi connectivity index (χ2v) is 4.59. The Morgan fingerprint density at radius 3 is 3.00 bits per heavy atom. The maximum Gasteiger partial charge on any atom is 0.317 e. The van der Waals surface area contributed by atoms with E-state index in [0.29, 0.717) is 13.0 Å². The Labute approximate surface area is 105 Å². The molecular formula is C12H16N2O2S. The predicted molar refractivity (Wildman–Crippen MR) is 68.8 cm³/mol. The smallest absolute Gasteiger partial charge is 0.317 e. The Morgan fingerprint density at radius 1 is 1.59 bits per heavy atom. The Morgan fingerprint density at radius 2 is 2.35 bits per heavy atom. The molecule has 1 aromatic heterocycles. The number of aliphatic hydroxyl groups is 1. The fourth-order valence-corrected chi connectivity index (χ4v) is 1.89. The van der Waals surface area contributed by atoms with E-state index in [1.807, 2.05) is 11.4 Å². The zero-order chi connectivity index (χ0) is 12.7. The van der Waals surface area contributed by atoms with Crippen molar-refractivity contribution in [3.63, 3.8) is 0 Å². The predicted octanol–water partition coefficient (Wildman–Crippen LogP) is 1.25. The minimum Gasteiger partial charge on any atom is -0.395 e. The van der Waals surface area contributed by atoms with Gasteiger partial charge in [0.05, 0.1) is 13.2 Å². The highest BCUT2D eigenvalue weighted by atomic mass is 32.1. The van der Waals surface area contributed by atoms with E-state index in [0.717, 1.165) is 10.4 Å². The van der Waals surface area contributed by atoms with E-state index < -0.39 is 0 Å². The van der Waals surface area contributed by atoms with Crippen LogP contribution in [0.5, 0.6) is 0 Å². The van der Waals surface area contributed by atoms with Gasteiger partial charge < -0.3 is 15.3 Å². The third-order valence-corrected chi connectivity index (χ3v) is 2.93. The fraction of sp³-hybridized carbons (Fsp3) is 0.417. The minimum absolute atomic E-state index is 0.0732. The van der Waals surface area contributed by atoms with Crippen LogP contribution in [0, 0.1) is 11.8 Å². The van der Waals surface area contributed by atoms with Gasteiger partial charge in [-0.3, -0.25) is 0 Å². The quantitative estimate of drug-likeness (QED) is 0.796. The lowest BCUT2D eigenvalue weighted by molar-refractivity contribution is 0.217. The van der Waals surface area contributed by atoms with Crippen LogP contribution in [0.1, 0.15) is 16.9 Å². The number of rotatable bonds is 3. The number of nitrogens with zero attached hydrogens (tertiary/aromatic N) is 1. The molecule has 1 heterocycles.